The largest absolute Gasteiger partial charge is 0.322 e. The minimum absolute atomic E-state index is 0.176. The van der Waals surface area contributed by atoms with Crippen LogP contribution in [-0.2, 0) is 4.79 Å². The number of hydrogen-bond donors (Lipinski definition) is 1. The van der Waals surface area contributed by atoms with Crippen molar-refractivity contribution >= 4 is 34.2 Å². The van der Waals surface area contributed by atoms with Crippen LogP contribution in [0.25, 0.3) is 0 Å². The smallest absolute Gasteiger partial charge is 0.247 e. The number of anilines is 1. The minimum atomic E-state index is -0.176. The second kappa shape index (κ2) is 4.41. The average molecular weight is 287 g/mol. The maximum atomic E-state index is 11.0. The van der Waals surface area contributed by atoms with Crippen molar-refractivity contribution in [1.29, 1.82) is 0 Å². The third-order valence-corrected chi connectivity index (χ3v) is 2.31. The van der Waals surface area contributed by atoms with Crippen LogP contribution in [0.5, 0.6) is 0 Å². The monoisotopic (exact) mass is 287 g/mol. The van der Waals surface area contributed by atoms with Crippen LogP contribution in [0.15, 0.2) is 30.9 Å². The Labute approximate surface area is 91.2 Å². The molecule has 1 aromatic rings. The first-order valence-corrected chi connectivity index (χ1v) is 4.91. The summed E-state index contributed by atoms with van der Waals surface area (Å²) in [5, 5.41) is 2.74. The number of aryl methyl sites for hydroxylation is 1. The number of halogens is 1. The number of benzene rings is 1. The van der Waals surface area contributed by atoms with Gasteiger partial charge in [0.1, 0.15) is 0 Å². The molecule has 68 valence electrons. The van der Waals surface area contributed by atoms with E-state index >= 15 is 0 Å². The van der Waals surface area contributed by atoms with Crippen LogP contribution in [0.3, 0.4) is 0 Å². The van der Waals surface area contributed by atoms with Gasteiger partial charge in [-0.15, -0.1) is 0 Å². The maximum Gasteiger partial charge on any atom is 0.247 e. The summed E-state index contributed by atoms with van der Waals surface area (Å²) < 4.78 is 1.10. The Balaban J connectivity index is 2.93. The lowest BCUT2D eigenvalue weighted by Crippen LogP contribution is -2.08. The molecule has 0 fully saturated rings. The highest BCUT2D eigenvalue weighted by Gasteiger charge is 2.00. The highest BCUT2D eigenvalue weighted by Crippen LogP contribution is 2.17. The third-order valence-electron chi connectivity index (χ3n) is 1.64. The zero-order valence-corrected chi connectivity index (χ0v) is 9.46. The van der Waals surface area contributed by atoms with Crippen LogP contribution in [0.4, 0.5) is 5.69 Å². The van der Waals surface area contributed by atoms with Crippen molar-refractivity contribution in [3.63, 3.8) is 0 Å². The molecule has 13 heavy (non-hydrogen) atoms. The number of carbonyl (C=O) groups excluding carboxylic acids is 1. The van der Waals surface area contributed by atoms with Crippen molar-refractivity contribution in [3.8, 4) is 0 Å². The Morgan fingerprint density at radius 1 is 1.62 bits per heavy atom. The van der Waals surface area contributed by atoms with E-state index in [0.717, 1.165) is 14.8 Å². The van der Waals surface area contributed by atoms with E-state index in [1.54, 1.807) is 0 Å². The fraction of sp³-hybridized carbons (Fsp3) is 0.100. The summed E-state index contributed by atoms with van der Waals surface area (Å²) in [6.07, 6.45) is 1.26. The Morgan fingerprint density at radius 3 is 2.92 bits per heavy atom. The lowest BCUT2D eigenvalue weighted by Gasteiger charge is -2.06. The molecule has 0 aliphatic heterocycles. The van der Waals surface area contributed by atoms with Crippen LogP contribution in [-0.4, -0.2) is 5.91 Å². The normalized spacial score (nSPS) is 9.38. The topological polar surface area (TPSA) is 29.1 Å². The second-order valence-electron chi connectivity index (χ2n) is 2.65. The van der Waals surface area contributed by atoms with Gasteiger partial charge < -0.3 is 5.32 Å². The molecule has 2 nitrogen and oxygen atoms in total. The molecule has 0 radical (unpaired) electrons. The minimum Gasteiger partial charge on any atom is -0.322 e. The average Bonchev–Trinajstić information content (AvgIpc) is 2.11. The highest BCUT2D eigenvalue weighted by molar-refractivity contribution is 14.1. The SMILES string of the molecule is C=CC(=O)Nc1cc(I)ccc1C. The van der Waals surface area contributed by atoms with Gasteiger partial charge in [-0.3, -0.25) is 4.79 Å². The number of amides is 1. The molecule has 0 bridgehead atoms. The predicted molar refractivity (Wildman–Crippen MR) is 62.7 cm³/mol. The van der Waals surface area contributed by atoms with E-state index in [1.165, 1.54) is 6.08 Å². The van der Waals surface area contributed by atoms with E-state index in [1.807, 2.05) is 25.1 Å². The first kappa shape index (κ1) is 10.2. The van der Waals surface area contributed by atoms with E-state index in [2.05, 4.69) is 34.5 Å². The van der Waals surface area contributed by atoms with E-state index in [4.69, 9.17) is 0 Å². The lowest BCUT2D eigenvalue weighted by molar-refractivity contribution is -0.111. The van der Waals surface area contributed by atoms with Gasteiger partial charge in [-0.25, -0.2) is 0 Å². The second-order valence-corrected chi connectivity index (χ2v) is 3.90. The van der Waals surface area contributed by atoms with E-state index in [9.17, 15) is 4.79 Å². The summed E-state index contributed by atoms with van der Waals surface area (Å²) in [4.78, 5) is 11.0. The van der Waals surface area contributed by atoms with Gasteiger partial charge in [-0.2, -0.15) is 0 Å². The molecule has 1 aromatic carbocycles. The molecule has 0 heterocycles. The number of rotatable bonds is 2. The van der Waals surface area contributed by atoms with Gasteiger partial charge in [0.05, 0.1) is 0 Å². The summed E-state index contributed by atoms with van der Waals surface area (Å²) in [6.45, 7) is 5.35. The quantitative estimate of drug-likeness (QED) is 0.657. The fourth-order valence-electron chi connectivity index (χ4n) is 0.913. The molecular weight excluding hydrogens is 277 g/mol. The molecule has 1 N–H and O–H groups in total. The summed E-state index contributed by atoms with van der Waals surface area (Å²) in [6, 6.07) is 5.90. The van der Waals surface area contributed by atoms with Crippen LogP contribution >= 0.6 is 22.6 Å². The first-order valence-electron chi connectivity index (χ1n) is 3.83. The number of hydrogen-bond acceptors (Lipinski definition) is 1. The Morgan fingerprint density at radius 2 is 2.31 bits per heavy atom. The zero-order valence-electron chi connectivity index (χ0n) is 7.30. The van der Waals surface area contributed by atoms with Gasteiger partial charge in [-0.1, -0.05) is 12.6 Å². The molecule has 0 unspecified atom stereocenters. The van der Waals surface area contributed by atoms with Crippen LogP contribution in [0.2, 0.25) is 0 Å². The molecule has 0 spiro atoms. The van der Waals surface area contributed by atoms with Gasteiger partial charge in [-0.05, 0) is 53.3 Å². The van der Waals surface area contributed by atoms with Crippen LogP contribution in [0, 0.1) is 10.5 Å². The van der Waals surface area contributed by atoms with E-state index in [0.29, 0.717) is 0 Å². The maximum absolute atomic E-state index is 11.0. The van der Waals surface area contributed by atoms with Crippen molar-refractivity contribution in [2.45, 2.75) is 6.92 Å². The zero-order chi connectivity index (χ0) is 9.84. The Hall–Kier alpha value is -0.840. The third kappa shape index (κ3) is 2.84. The van der Waals surface area contributed by atoms with Crippen molar-refractivity contribution in [1.82, 2.24) is 0 Å². The molecule has 0 saturated heterocycles. The molecule has 0 aromatic heterocycles. The summed E-state index contributed by atoms with van der Waals surface area (Å²) >= 11 is 2.20. The summed E-state index contributed by atoms with van der Waals surface area (Å²) in [7, 11) is 0. The van der Waals surface area contributed by atoms with Crippen LogP contribution in [0.1, 0.15) is 5.56 Å². The highest BCUT2D eigenvalue weighted by atomic mass is 127. The van der Waals surface area contributed by atoms with Crippen LogP contribution < -0.4 is 5.32 Å². The number of carbonyl (C=O) groups is 1. The standard InChI is InChI=1S/C10H10INO/c1-3-10(13)12-9-6-8(11)5-4-7(9)2/h3-6H,1H2,2H3,(H,12,13). The molecule has 3 heteroatoms. The van der Waals surface area contributed by atoms with Crippen molar-refractivity contribution in [2.75, 3.05) is 5.32 Å². The first-order chi connectivity index (χ1) is 6.13. The molecule has 0 aliphatic carbocycles. The molecule has 0 aliphatic rings. The van der Waals surface area contributed by atoms with E-state index < -0.39 is 0 Å². The molecule has 1 amide bonds. The van der Waals surface area contributed by atoms with Gasteiger partial charge in [0.25, 0.3) is 0 Å². The molecule has 1 rings (SSSR count). The Kier molecular flexibility index (Phi) is 3.48. The molecule has 0 saturated carbocycles. The van der Waals surface area contributed by atoms with Gasteiger partial charge in [0.15, 0.2) is 0 Å². The summed E-state index contributed by atoms with van der Waals surface area (Å²) in [5.74, 6) is -0.176. The van der Waals surface area contributed by atoms with Crippen molar-refractivity contribution < 1.29 is 4.79 Å². The Bertz CT molecular complexity index is 347. The van der Waals surface area contributed by atoms with Crippen molar-refractivity contribution in [2.24, 2.45) is 0 Å². The van der Waals surface area contributed by atoms with E-state index in [-0.39, 0.29) is 5.91 Å². The number of nitrogens with one attached hydrogen (secondary N) is 1. The van der Waals surface area contributed by atoms with Gasteiger partial charge in [0, 0.05) is 9.26 Å². The van der Waals surface area contributed by atoms with Crippen molar-refractivity contribution in [3.05, 3.63) is 40.0 Å². The predicted octanol–water partition coefficient (Wildman–Crippen LogP) is 2.72. The molecule has 0 atom stereocenters. The fourth-order valence-corrected chi connectivity index (χ4v) is 1.40. The van der Waals surface area contributed by atoms with Gasteiger partial charge in [0.2, 0.25) is 5.91 Å². The lowest BCUT2D eigenvalue weighted by atomic mass is 10.2. The van der Waals surface area contributed by atoms with Gasteiger partial charge >= 0.3 is 0 Å². The molecular formula is C10H10INO. The summed E-state index contributed by atoms with van der Waals surface area (Å²) in [5.41, 5.74) is 1.90.